The van der Waals surface area contributed by atoms with E-state index < -0.39 is 10.0 Å². The van der Waals surface area contributed by atoms with Crippen molar-refractivity contribution in [2.75, 3.05) is 6.54 Å². The van der Waals surface area contributed by atoms with Gasteiger partial charge in [-0.2, -0.15) is 0 Å². The van der Waals surface area contributed by atoms with Crippen molar-refractivity contribution in [2.24, 2.45) is 0 Å². The number of nitrogens with zero attached hydrogens (tertiary/aromatic N) is 4. The van der Waals surface area contributed by atoms with Crippen molar-refractivity contribution in [3.63, 3.8) is 0 Å². The lowest BCUT2D eigenvalue weighted by molar-refractivity contribution is 0.101. The molecule has 0 atom stereocenters. The second-order valence-electron chi connectivity index (χ2n) is 7.15. The summed E-state index contributed by atoms with van der Waals surface area (Å²) < 4.78 is 30.4. The number of hydrogen-bond donors (Lipinski definition) is 1. The number of ketones is 1. The number of hydrogen-bond acceptors (Lipinski definition) is 6. The SMILES string of the molecule is CC(=O)c1ccc(S(=O)(=O)NCCn2nc(-c3cccnc3)n(C3CC3)c2=O)cc1. The molecule has 9 nitrogen and oxygen atoms in total. The molecule has 1 aliphatic carbocycles. The zero-order chi connectivity index (χ0) is 21.3. The number of aromatic nitrogens is 4. The van der Waals surface area contributed by atoms with Gasteiger partial charge in [-0.1, -0.05) is 12.1 Å². The van der Waals surface area contributed by atoms with E-state index in [1.807, 2.05) is 6.07 Å². The first-order valence-electron chi connectivity index (χ1n) is 9.57. The number of carbonyl (C=O) groups excluding carboxylic acids is 1. The predicted octanol–water partition coefficient (Wildman–Crippen LogP) is 1.62. The number of carbonyl (C=O) groups is 1. The number of Topliss-reactive ketones (excluding diaryl/α,β-unsaturated/α-hetero) is 1. The van der Waals surface area contributed by atoms with Crippen LogP contribution in [0.5, 0.6) is 0 Å². The Hall–Kier alpha value is -3.11. The van der Waals surface area contributed by atoms with Crippen LogP contribution in [0, 0.1) is 0 Å². The molecule has 2 heterocycles. The van der Waals surface area contributed by atoms with Gasteiger partial charge in [0.05, 0.1) is 11.4 Å². The van der Waals surface area contributed by atoms with Crippen LogP contribution in [0.25, 0.3) is 11.4 Å². The van der Waals surface area contributed by atoms with Crippen molar-refractivity contribution < 1.29 is 13.2 Å². The zero-order valence-electron chi connectivity index (χ0n) is 16.4. The van der Waals surface area contributed by atoms with E-state index >= 15 is 0 Å². The summed E-state index contributed by atoms with van der Waals surface area (Å²) in [7, 11) is -3.77. The average Bonchev–Trinajstić information content (AvgIpc) is 3.52. The van der Waals surface area contributed by atoms with E-state index in [1.165, 1.54) is 35.9 Å². The Kier molecular flexibility index (Phi) is 5.35. The molecule has 10 heteroatoms. The summed E-state index contributed by atoms with van der Waals surface area (Å²) in [6.07, 6.45) is 5.14. The minimum absolute atomic E-state index is 0.00482. The molecule has 0 aliphatic heterocycles. The third-order valence-electron chi connectivity index (χ3n) is 4.89. The van der Waals surface area contributed by atoms with Crippen molar-refractivity contribution in [1.82, 2.24) is 24.1 Å². The van der Waals surface area contributed by atoms with Gasteiger partial charge in [0, 0.05) is 36.1 Å². The van der Waals surface area contributed by atoms with E-state index in [1.54, 1.807) is 23.0 Å². The van der Waals surface area contributed by atoms with Crippen LogP contribution in [0.3, 0.4) is 0 Å². The second kappa shape index (κ2) is 7.96. The summed E-state index contributed by atoms with van der Waals surface area (Å²) in [4.78, 5) is 28.3. The van der Waals surface area contributed by atoms with Gasteiger partial charge in [-0.15, -0.1) is 5.10 Å². The number of benzene rings is 1. The minimum atomic E-state index is -3.77. The Bertz CT molecular complexity index is 1230. The molecule has 1 fully saturated rings. The Morgan fingerprint density at radius 3 is 2.53 bits per heavy atom. The fourth-order valence-corrected chi connectivity index (χ4v) is 4.18. The van der Waals surface area contributed by atoms with Crippen LogP contribution in [0.2, 0.25) is 0 Å². The number of sulfonamides is 1. The van der Waals surface area contributed by atoms with Crippen molar-refractivity contribution >= 4 is 15.8 Å². The van der Waals surface area contributed by atoms with Gasteiger partial charge >= 0.3 is 5.69 Å². The Morgan fingerprint density at radius 1 is 1.20 bits per heavy atom. The van der Waals surface area contributed by atoms with E-state index in [4.69, 9.17) is 0 Å². The summed E-state index contributed by atoms with van der Waals surface area (Å²) in [5.41, 5.74) is 0.918. The third-order valence-corrected chi connectivity index (χ3v) is 6.37. The molecule has 0 amide bonds. The van der Waals surface area contributed by atoms with E-state index in [9.17, 15) is 18.0 Å². The molecule has 1 aliphatic rings. The predicted molar refractivity (Wildman–Crippen MR) is 110 cm³/mol. The lowest BCUT2D eigenvalue weighted by Crippen LogP contribution is -2.32. The number of pyridine rings is 1. The Morgan fingerprint density at radius 2 is 1.93 bits per heavy atom. The van der Waals surface area contributed by atoms with Gasteiger partial charge in [0.2, 0.25) is 10.0 Å². The van der Waals surface area contributed by atoms with Crippen LogP contribution in [-0.4, -0.2) is 40.1 Å². The van der Waals surface area contributed by atoms with Crippen LogP contribution in [0.1, 0.15) is 36.2 Å². The smallest absolute Gasteiger partial charge is 0.295 e. The van der Waals surface area contributed by atoms with Gasteiger partial charge in [-0.25, -0.2) is 22.6 Å². The van der Waals surface area contributed by atoms with E-state index in [0.29, 0.717) is 11.4 Å². The highest BCUT2D eigenvalue weighted by Gasteiger charge is 2.30. The zero-order valence-corrected chi connectivity index (χ0v) is 17.2. The summed E-state index contributed by atoms with van der Waals surface area (Å²) in [5, 5.41) is 4.42. The fourth-order valence-electron chi connectivity index (χ4n) is 3.16. The molecule has 1 aromatic carbocycles. The molecule has 30 heavy (non-hydrogen) atoms. The second-order valence-corrected chi connectivity index (χ2v) is 8.92. The lowest BCUT2D eigenvalue weighted by Gasteiger charge is -2.07. The first kappa shape index (κ1) is 20.2. The molecule has 3 aromatic rings. The molecule has 0 unspecified atom stereocenters. The minimum Gasteiger partial charge on any atom is -0.295 e. The highest BCUT2D eigenvalue weighted by molar-refractivity contribution is 7.89. The maximum atomic E-state index is 12.8. The van der Waals surface area contributed by atoms with Crippen LogP contribution < -0.4 is 10.4 Å². The van der Waals surface area contributed by atoms with Gasteiger partial charge in [0.15, 0.2) is 11.6 Å². The molecule has 0 saturated heterocycles. The maximum absolute atomic E-state index is 12.8. The highest BCUT2D eigenvalue weighted by atomic mass is 32.2. The van der Waals surface area contributed by atoms with E-state index in [-0.39, 0.29) is 35.5 Å². The molecule has 156 valence electrons. The summed E-state index contributed by atoms with van der Waals surface area (Å²) in [6, 6.07) is 9.45. The molecular formula is C20H21N5O4S. The highest BCUT2D eigenvalue weighted by Crippen LogP contribution is 2.36. The molecular weight excluding hydrogens is 406 g/mol. The van der Waals surface area contributed by atoms with E-state index in [2.05, 4.69) is 14.8 Å². The standard InChI is InChI=1S/C20H21N5O4S/c1-14(26)15-4-8-18(9-5-15)30(28,29)22-11-12-24-20(27)25(17-6-7-17)19(23-24)16-3-2-10-21-13-16/h2-5,8-10,13,17,22H,6-7,11-12H2,1H3. The van der Waals surface area contributed by atoms with Crippen molar-refractivity contribution in [3.8, 4) is 11.4 Å². The fraction of sp³-hybridized carbons (Fsp3) is 0.300. The van der Waals surface area contributed by atoms with Crippen LogP contribution >= 0.6 is 0 Å². The number of nitrogens with one attached hydrogen (secondary N) is 1. The van der Waals surface area contributed by atoms with Gasteiger partial charge in [0.1, 0.15) is 0 Å². The first-order chi connectivity index (χ1) is 14.4. The monoisotopic (exact) mass is 427 g/mol. The topological polar surface area (TPSA) is 116 Å². The van der Waals surface area contributed by atoms with Gasteiger partial charge < -0.3 is 0 Å². The molecule has 1 saturated carbocycles. The third kappa shape index (κ3) is 4.10. The van der Waals surface area contributed by atoms with Crippen LogP contribution in [-0.2, 0) is 16.6 Å². The molecule has 0 radical (unpaired) electrons. The van der Waals surface area contributed by atoms with Crippen LogP contribution in [0.4, 0.5) is 0 Å². The average molecular weight is 427 g/mol. The normalized spacial score (nSPS) is 14.0. The Labute approximate surface area is 173 Å². The molecule has 1 N–H and O–H groups in total. The molecule has 4 rings (SSSR count). The molecule has 2 aromatic heterocycles. The van der Waals surface area contributed by atoms with Gasteiger partial charge in [0.25, 0.3) is 0 Å². The summed E-state index contributed by atoms with van der Waals surface area (Å²) in [6.45, 7) is 1.52. The molecule has 0 spiro atoms. The number of rotatable bonds is 8. The maximum Gasteiger partial charge on any atom is 0.346 e. The lowest BCUT2D eigenvalue weighted by atomic mass is 10.2. The van der Waals surface area contributed by atoms with Crippen molar-refractivity contribution in [1.29, 1.82) is 0 Å². The Balaban J connectivity index is 1.50. The first-order valence-corrected chi connectivity index (χ1v) is 11.1. The summed E-state index contributed by atoms with van der Waals surface area (Å²) in [5.74, 6) is 0.403. The van der Waals surface area contributed by atoms with Gasteiger partial charge in [-0.05, 0) is 44.0 Å². The summed E-state index contributed by atoms with van der Waals surface area (Å²) >= 11 is 0. The van der Waals surface area contributed by atoms with E-state index in [0.717, 1.165) is 18.4 Å². The van der Waals surface area contributed by atoms with Crippen LogP contribution in [0.15, 0.2) is 58.5 Å². The van der Waals surface area contributed by atoms with Crippen molar-refractivity contribution in [2.45, 2.75) is 37.2 Å². The largest absolute Gasteiger partial charge is 0.346 e. The van der Waals surface area contributed by atoms with Gasteiger partial charge in [-0.3, -0.25) is 14.3 Å². The molecule has 0 bridgehead atoms. The van der Waals surface area contributed by atoms with Crippen molar-refractivity contribution in [3.05, 3.63) is 64.8 Å². The quantitative estimate of drug-likeness (QED) is 0.546.